The highest BCUT2D eigenvalue weighted by Crippen LogP contribution is 2.51. The summed E-state index contributed by atoms with van der Waals surface area (Å²) in [6.45, 7) is 0. The molecule has 2 atom stereocenters. The largest absolute Gasteiger partial charge is 0.278 e. The molecule has 0 amide bonds. The van der Waals surface area contributed by atoms with E-state index in [0.717, 1.165) is 46.4 Å². The molecule has 2 aromatic heterocycles. The van der Waals surface area contributed by atoms with Crippen molar-refractivity contribution in [3.05, 3.63) is 169 Å². The van der Waals surface area contributed by atoms with E-state index in [-0.39, 0.29) is 11.8 Å². The standard InChI is InChI=1S/C44H31N3/c1-4-13-28(14-5-1)32-25-31-23-24-40-43-41(31)36(26-32)34-20-11-10-19-33(34)35-21-12-22-39(42(35)43)47(40)44-45-37(29-15-6-2-7-16-29)27-38(46-44)30-17-8-3-9-18-30/h1-2,4-8,10-27,33-34H,3,9H2. The molecule has 0 saturated carbocycles. The third-order valence-corrected chi connectivity index (χ3v) is 10.2. The van der Waals surface area contributed by atoms with Crippen molar-refractivity contribution in [3.8, 4) is 28.3 Å². The second-order valence-corrected chi connectivity index (χ2v) is 12.8. The molecule has 0 radical (unpaired) electrons. The van der Waals surface area contributed by atoms with Gasteiger partial charge in [-0.2, -0.15) is 0 Å². The van der Waals surface area contributed by atoms with Crippen molar-refractivity contribution < 1.29 is 0 Å². The fourth-order valence-electron chi connectivity index (χ4n) is 8.07. The lowest BCUT2D eigenvalue weighted by atomic mass is 9.78. The van der Waals surface area contributed by atoms with Crippen LogP contribution in [-0.2, 0) is 0 Å². The van der Waals surface area contributed by atoms with E-state index in [4.69, 9.17) is 9.97 Å². The van der Waals surface area contributed by atoms with Crippen LogP contribution >= 0.6 is 0 Å². The first-order valence-corrected chi connectivity index (χ1v) is 16.6. The van der Waals surface area contributed by atoms with Crippen LogP contribution in [0.1, 0.15) is 41.5 Å². The first-order chi connectivity index (χ1) is 23.3. The van der Waals surface area contributed by atoms with Crippen molar-refractivity contribution in [2.24, 2.45) is 0 Å². The Morgan fingerprint density at radius 2 is 1.30 bits per heavy atom. The van der Waals surface area contributed by atoms with Crippen molar-refractivity contribution in [1.82, 2.24) is 14.5 Å². The summed E-state index contributed by atoms with van der Waals surface area (Å²) in [5.74, 6) is 1.18. The summed E-state index contributed by atoms with van der Waals surface area (Å²) in [7, 11) is 0. The predicted molar refractivity (Wildman–Crippen MR) is 195 cm³/mol. The van der Waals surface area contributed by atoms with Crippen LogP contribution < -0.4 is 0 Å². The molecule has 3 aliphatic carbocycles. The molecule has 2 unspecified atom stereocenters. The van der Waals surface area contributed by atoms with Gasteiger partial charge in [-0.05, 0) is 81.8 Å². The quantitative estimate of drug-likeness (QED) is 0.201. The molecular weight excluding hydrogens is 571 g/mol. The molecule has 3 heteroatoms. The van der Waals surface area contributed by atoms with Crippen molar-refractivity contribution in [1.29, 1.82) is 0 Å². The summed E-state index contributed by atoms with van der Waals surface area (Å²) >= 11 is 0. The lowest BCUT2D eigenvalue weighted by Gasteiger charge is -2.26. The second-order valence-electron chi connectivity index (χ2n) is 12.8. The molecule has 47 heavy (non-hydrogen) atoms. The van der Waals surface area contributed by atoms with Crippen molar-refractivity contribution in [2.75, 3.05) is 0 Å². The molecule has 0 fully saturated rings. The van der Waals surface area contributed by atoms with Crippen LogP contribution in [0.3, 0.4) is 0 Å². The highest BCUT2D eigenvalue weighted by molar-refractivity contribution is 6.24. The maximum Gasteiger partial charge on any atom is 0.235 e. The van der Waals surface area contributed by atoms with Crippen molar-refractivity contribution in [2.45, 2.75) is 24.7 Å². The van der Waals surface area contributed by atoms with Crippen molar-refractivity contribution in [3.63, 3.8) is 0 Å². The zero-order valence-electron chi connectivity index (χ0n) is 25.8. The molecule has 10 rings (SSSR count). The SMILES string of the molecule is C1=CC2c3cc(-c4ccccc4)cc4ccc5c(c34)c3c(cccc3n5-c3nc(C4=CCCC=C4)cc(-c4ccccc4)n3)C2C=C1. The number of nitrogens with zero attached hydrogens (tertiary/aromatic N) is 3. The first kappa shape index (κ1) is 26.4. The van der Waals surface area contributed by atoms with E-state index >= 15 is 0 Å². The van der Waals surface area contributed by atoms with Crippen LogP contribution in [-0.4, -0.2) is 14.5 Å². The molecule has 0 N–H and O–H groups in total. The Balaban J connectivity index is 1.32. The Labute approximate surface area is 273 Å². The van der Waals surface area contributed by atoms with Crippen LogP contribution in [0.5, 0.6) is 0 Å². The van der Waals surface area contributed by atoms with Gasteiger partial charge >= 0.3 is 0 Å². The topological polar surface area (TPSA) is 30.7 Å². The second kappa shape index (κ2) is 10.4. The summed E-state index contributed by atoms with van der Waals surface area (Å²) in [6.07, 6.45) is 18.1. The minimum Gasteiger partial charge on any atom is -0.278 e. The van der Waals surface area contributed by atoms with E-state index < -0.39 is 0 Å². The van der Waals surface area contributed by atoms with Gasteiger partial charge in [-0.15, -0.1) is 0 Å². The third-order valence-electron chi connectivity index (χ3n) is 10.2. The average molecular weight is 602 g/mol. The lowest BCUT2D eigenvalue weighted by Crippen LogP contribution is -2.10. The van der Waals surface area contributed by atoms with Crippen LogP contribution in [0.2, 0.25) is 0 Å². The summed E-state index contributed by atoms with van der Waals surface area (Å²) in [4.78, 5) is 10.6. The number of aromatic nitrogens is 3. The Hall–Kier alpha value is -5.80. The monoisotopic (exact) mass is 601 g/mol. The molecule has 0 aliphatic heterocycles. The molecule has 3 nitrogen and oxygen atoms in total. The first-order valence-electron chi connectivity index (χ1n) is 16.6. The van der Waals surface area contributed by atoms with Crippen LogP contribution in [0.4, 0.5) is 0 Å². The fourth-order valence-corrected chi connectivity index (χ4v) is 8.07. The summed E-state index contributed by atoms with van der Waals surface area (Å²) in [5.41, 5.74) is 11.7. The molecule has 0 spiro atoms. The molecule has 5 aromatic carbocycles. The van der Waals surface area contributed by atoms with Gasteiger partial charge in [0, 0.05) is 28.2 Å². The van der Waals surface area contributed by atoms with E-state index in [1.165, 1.54) is 43.8 Å². The molecule has 7 aromatic rings. The smallest absolute Gasteiger partial charge is 0.235 e. The fraction of sp³-hybridized carbons (Fsp3) is 0.0909. The van der Waals surface area contributed by atoms with E-state index in [1.807, 2.05) is 0 Å². The van der Waals surface area contributed by atoms with E-state index in [0.29, 0.717) is 5.95 Å². The lowest BCUT2D eigenvalue weighted by molar-refractivity contribution is 0.743. The summed E-state index contributed by atoms with van der Waals surface area (Å²) in [5, 5.41) is 5.21. The molecule has 3 aliphatic rings. The van der Waals surface area contributed by atoms with Crippen LogP contribution in [0, 0.1) is 0 Å². The third kappa shape index (κ3) is 4.06. The van der Waals surface area contributed by atoms with E-state index in [1.54, 1.807) is 0 Å². The molecule has 0 bridgehead atoms. The van der Waals surface area contributed by atoms with Gasteiger partial charge in [0.25, 0.3) is 0 Å². The Bertz CT molecular complexity index is 2510. The number of hydrogen-bond acceptors (Lipinski definition) is 2. The molecule has 222 valence electrons. The van der Waals surface area contributed by atoms with Gasteiger partial charge in [-0.25, -0.2) is 9.97 Å². The van der Waals surface area contributed by atoms with Crippen LogP contribution in [0.25, 0.3) is 66.5 Å². The highest BCUT2D eigenvalue weighted by atomic mass is 15.2. The average Bonchev–Trinajstić information content (AvgIpc) is 3.43. The minimum atomic E-state index is 0.231. The van der Waals surface area contributed by atoms with Gasteiger partial charge in [0.2, 0.25) is 5.95 Å². The zero-order valence-corrected chi connectivity index (χ0v) is 25.8. The van der Waals surface area contributed by atoms with Crippen LogP contribution in [0.15, 0.2) is 152 Å². The van der Waals surface area contributed by atoms with E-state index in [2.05, 4.69) is 156 Å². The minimum absolute atomic E-state index is 0.231. The maximum atomic E-state index is 5.32. The summed E-state index contributed by atoms with van der Waals surface area (Å²) in [6, 6.07) is 39.6. The van der Waals surface area contributed by atoms with Crippen molar-refractivity contribution >= 4 is 38.2 Å². The Morgan fingerprint density at radius 1 is 0.553 bits per heavy atom. The predicted octanol–water partition coefficient (Wildman–Crippen LogP) is 11.1. The molecule has 0 saturated heterocycles. The summed E-state index contributed by atoms with van der Waals surface area (Å²) < 4.78 is 2.31. The number of fused-ring (bicyclic) bond motifs is 3. The molecular formula is C44H31N3. The van der Waals surface area contributed by atoms with Gasteiger partial charge in [0.1, 0.15) is 0 Å². The number of benzene rings is 5. The van der Waals surface area contributed by atoms with Gasteiger partial charge in [-0.3, -0.25) is 4.57 Å². The number of hydrogen-bond donors (Lipinski definition) is 0. The van der Waals surface area contributed by atoms with E-state index in [9.17, 15) is 0 Å². The molecule has 2 heterocycles. The number of allylic oxidation sites excluding steroid dienone is 8. The van der Waals surface area contributed by atoms with Gasteiger partial charge in [-0.1, -0.05) is 121 Å². The number of rotatable bonds is 4. The zero-order chi connectivity index (χ0) is 30.9. The maximum absolute atomic E-state index is 5.32. The van der Waals surface area contributed by atoms with Gasteiger partial charge in [0.15, 0.2) is 0 Å². The Kier molecular flexibility index (Phi) is 5.83. The van der Waals surface area contributed by atoms with Gasteiger partial charge < -0.3 is 0 Å². The Morgan fingerprint density at radius 3 is 2.09 bits per heavy atom. The van der Waals surface area contributed by atoms with Gasteiger partial charge in [0.05, 0.1) is 22.4 Å². The highest BCUT2D eigenvalue weighted by Gasteiger charge is 2.32. The normalized spacial score (nSPS) is 17.9.